The molecule has 2 unspecified atom stereocenters. The lowest BCUT2D eigenvalue weighted by Crippen LogP contribution is -2.58. The van der Waals surface area contributed by atoms with Gasteiger partial charge in [-0.3, -0.25) is 0 Å². The van der Waals surface area contributed by atoms with Gasteiger partial charge in [-0.1, -0.05) is 53.9 Å². The van der Waals surface area contributed by atoms with E-state index in [1.54, 1.807) is 0 Å². The van der Waals surface area contributed by atoms with Crippen molar-refractivity contribution in [2.75, 3.05) is 0 Å². The predicted molar refractivity (Wildman–Crippen MR) is 120 cm³/mol. The summed E-state index contributed by atoms with van der Waals surface area (Å²) in [5.41, 5.74) is 0.749. The van der Waals surface area contributed by atoms with Crippen LogP contribution in [0.4, 0.5) is 0 Å². The lowest BCUT2D eigenvalue weighted by atomic mass is 9.44. The Hall–Kier alpha value is -0.0800. The normalized spacial score (nSPS) is 50.7. The van der Waals surface area contributed by atoms with E-state index in [-0.39, 0.29) is 17.6 Å². The molecule has 0 spiro atoms. The molecule has 4 saturated carbocycles. The zero-order chi connectivity index (χ0) is 21.0. The van der Waals surface area contributed by atoms with Gasteiger partial charge < -0.3 is 10.2 Å². The highest BCUT2D eigenvalue weighted by atomic mass is 16.3. The van der Waals surface area contributed by atoms with Gasteiger partial charge in [-0.2, -0.15) is 0 Å². The second-order valence-electron chi connectivity index (χ2n) is 12.8. The Balaban J connectivity index is 1.50. The van der Waals surface area contributed by atoms with E-state index in [9.17, 15) is 10.2 Å². The molecule has 2 N–H and O–H groups in total. The fraction of sp³-hybridized carbons (Fsp3) is 1.00. The molecule has 0 aromatic rings. The van der Waals surface area contributed by atoms with Gasteiger partial charge >= 0.3 is 0 Å². The first-order valence-corrected chi connectivity index (χ1v) is 13.0. The Bertz CT molecular complexity index is 573. The van der Waals surface area contributed by atoms with Gasteiger partial charge in [0.2, 0.25) is 0 Å². The van der Waals surface area contributed by atoms with Crippen LogP contribution in [0.3, 0.4) is 0 Å². The van der Waals surface area contributed by atoms with Crippen molar-refractivity contribution in [3.8, 4) is 0 Å². The third kappa shape index (κ3) is 3.73. The molecule has 0 saturated heterocycles. The Morgan fingerprint density at radius 3 is 2.21 bits per heavy atom. The van der Waals surface area contributed by atoms with Gasteiger partial charge in [0.05, 0.1) is 12.2 Å². The molecule has 4 aliphatic rings. The third-order valence-electron chi connectivity index (χ3n) is 10.9. The number of aliphatic hydroxyl groups excluding tert-OH is 2. The second kappa shape index (κ2) is 8.12. The quantitative estimate of drug-likeness (QED) is 0.553. The van der Waals surface area contributed by atoms with Crippen molar-refractivity contribution in [3.63, 3.8) is 0 Å². The number of hydrogen-bond donors (Lipinski definition) is 2. The smallest absolute Gasteiger partial charge is 0.0577 e. The molecular weight excluding hydrogens is 356 g/mol. The van der Waals surface area contributed by atoms with Gasteiger partial charge in [-0.25, -0.2) is 0 Å². The maximum Gasteiger partial charge on any atom is 0.0577 e. The first-order valence-electron chi connectivity index (χ1n) is 13.0. The van der Waals surface area contributed by atoms with Crippen LogP contribution in [0.15, 0.2) is 0 Å². The molecule has 168 valence electrons. The van der Waals surface area contributed by atoms with Crippen LogP contribution in [0, 0.1) is 52.3 Å². The monoisotopic (exact) mass is 404 g/mol. The zero-order valence-electron chi connectivity index (χ0n) is 19.9. The summed E-state index contributed by atoms with van der Waals surface area (Å²) in [6.07, 6.45) is 13.3. The van der Waals surface area contributed by atoms with Gasteiger partial charge in [0, 0.05) is 0 Å². The van der Waals surface area contributed by atoms with Crippen molar-refractivity contribution < 1.29 is 10.2 Å². The Morgan fingerprint density at radius 2 is 1.48 bits per heavy atom. The largest absolute Gasteiger partial charge is 0.393 e. The first kappa shape index (κ1) is 22.1. The predicted octanol–water partition coefficient (Wildman–Crippen LogP) is 6.44. The zero-order valence-corrected chi connectivity index (χ0v) is 19.9. The number of hydrogen-bond acceptors (Lipinski definition) is 2. The van der Waals surface area contributed by atoms with Crippen LogP contribution < -0.4 is 0 Å². The molecule has 0 bridgehead atoms. The van der Waals surface area contributed by atoms with Crippen molar-refractivity contribution >= 4 is 0 Å². The van der Waals surface area contributed by atoms with E-state index in [0.717, 1.165) is 55.3 Å². The average Bonchev–Trinajstić information content (AvgIpc) is 3.00. The van der Waals surface area contributed by atoms with Crippen molar-refractivity contribution in [1.82, 2.24) is 0 Å². The molecule has 0 radical (unpaired) electrons. The summed E-state index contributed by atoms with van der Waals surface area (Å²) in [4.78, 5) is 0. The van der Waals surface area contributed by atoms with Crippen LogP contribution in [-0.2, 0) is 0 Å². The lowest BCUT2D eigenvalue weighted by molar-refractivity contribution is -0.172. The number of aliphatic hydroxyl groups is 2. The summed E-state index contributed by atoms with van der Waals surface area (Å²) in [5, 5.41) is 21.4. The summed E-state index contributed by atoms with van der Waals surface area (Å²) in [5.74, 6) is 5.20. The molecule has 0 aromatic heterocycles. The van der Waals surface area contributed by atoms with E-state index in [0.29, 0.717) is 17.3 Å². The van der Waals surface area contributed by atoms with Crippen LogP contribution in [0.1, 0.15) is 105 Å². The number of fused-ring (bicyclic) bond motifs is 5. The van der Waals surface area contributed by atoms with Gasteiger partial charge in [-0.15, -0.1) is 0 Å². The third-order valence-corrected chi connectivity index (χ3v) is 10.9. The Morgan fingerprint density at radius 1 is 0.793 bits per heavy atom. The summed E-state index contributed by atoms with van der Waals surface area (Å²) in [6, 6.07) is 0. The van der Waals surface area contributed by atoms with E-state index in [2.05, 4.69) is 34.6 Å². The highest BCUT2D eigenvalue weighted by Crippen LogP contribution is 2.68. The fourth-order valence-corrected chi connectivity index (χ4v) is 9.30. The molecule has 0 aliphatic heterocycles. The topological polar surface area (TPSA) is 40.5 Å². The molecule has 4 fully saturated rings. The summed E-state index contributed by atoms with van der Waals surface area (Å²) < 4.78 is 0. The minimum Gasteiger partial charge on any atom is -0.393 e. The molecule has 0 amide bonds. The van der Waals surface area contributed by atoms with Gasteiger partial charge in [0.25, 0.3) is 0 Å². The van der Waals surface area contributed by atoms with Crippen LogP contribution in [0.25, 0.3) is 0 Å². The lowest BCUT2D eigenvalue weighted by Gasteiger charge is -2.62. The highest BCUT2D eigenvalue weighted by molar-refractivity contribution is 5.11. The molecule has 10 atom stereocenters. The van der Waals surface area contributed by atoms with Crippen molar-refractivity contribution in [2.24, 2.45) is 52.3 Å². The molecular formula is C27H48O2. The summed E-state index contributed by atoms with van der Waals surface area (Å²) in [7, 11) is 0. The molecule has 4 aliphatic carbocycles. The minimum atomic E-state index is -0.193. The van der Waals surface area contributed by atoms with E-state index in [4.69, 9.17) is 0 Å². The number of rotatable bonds is 5. The maximum absolute atomic E-state index is 11.2. The summed E-state index contributed by atoms with van der Waals surface area (Å²) in [6.45, 7) is 12.4. The average molecular weight is 405 g/mol. The van der Waals surface area contributed by atoms with Crippen LogP contribution in [0.2, 0.25) is 0 Å². The molecule has 0 heterocycles. The van der Waals surface area contributed by atoms with E-state index >= 15 is 0 Å². The highest BCUT2D eigenvalue weighted by Gasteiger charge is 2.62. The minimum absolute atomic E-state index is 0.185. The maximum atomic E-state index is 11.2. The van der Waals surface area contributed by atoms with Crippen LogP contribution in [0.5, 0.6) is 0 Å². The first-order chi connectivity index (χ1) is 13.7. The van der Waals surface area contributed by atoms with Crippen LogP contribution in [-0.4, -0.2) is 22.4 Å². The second-order valence-corrected chi connectivity index (χ2v) is 12.8. The van der Waals surface area contributed by atoms with E-state index in [1.165, 1.54) is 44.9 Å². The standard InChI is InChI=1S/C27H48O2/c1-17(2)7-6-8-18(3)21-9-10-22-20-16-25(29)24-15-19(28)11-13-27(24,5)23(20)12-14-26(21,22)4/h17-25,28-29H,6-16H2,1-5H3/t18-,19?,20+,21-,22+,23+,24-,25?,26-,27-/m1/s1. The van der Waals surface area contributed by atoms with E-state index < -0.39 is 0 Å². The van der Waals surface area contributed by atoms with Gasteiger partial charge in [-0.05, 0) is 104 Å². The SMILES string of the molecule is CC(C)CCC[C@@H](C)[C@H]1CC[C@H]2[C@@H]3CC(O)[C@H]4CC(O)CC[C@]4(C)[C@H]3CC[C@]12C. The summed E-state index contributed by atoms with van der Waals surface area (Å²) >= 11 is 0. The molecule has 0 aromatic carbocycles. The van der Waals surface area contributed by atoms with Gasteiger partial charge in [0.15, 0.2) is 0 Å². The van der Waals surface area contributed by atoms with Crippen LogP contribution >= 0.6 is 0 Å². The molecule has 4 rings (SSSR count). The van der Waals surface area contributed by atoms with Crippen molar-refractivity contribution in [2.45, 2.75) is 117 Å². The van der Waals surface area contributed by atoms with E-state index in [1.807, 2.05) is 0 Å². The molecule has 2 heteroatoms. The Labute approximate surface area is 180 Å². The van der Waals surface area contributed by atoms with Crippen molar-refractivity contribution in [1.29, 1.82) is 0 Å². The van der Waals surface area contributed by atoms with Gasteiger partial charge in [0.1, 0.15) is 0 Å². The Kier molecular flexibility index (Phi) is 6.19. The van der Waals surface area contributed by atoms with Crippen molar-refractivity contribution in [3.05, 3.63) is 0 Å². The molecule has 2 nitrogen and oxygen atoms in total. The molecule has 29 heavy (non-hydrogen) atoms. The fourth-order valence-electron chi connectivity index (χ4n) is 9.30.